The highest BCUT2D eigenvalue weighted by atomic mass is 32.2. The molecule has 2 aromatic rings. The van der Waals surface area contributed by atoms with Gasteiger partial charge < -0.3 is 0 Å². The van der Waals surface area contributed by atoms with Crippen molar-refractivity contribution < 1.29 is 0 Å². The van der Waals surface area contributed by atoms with E-state index in [0.29, 0.717) is 0 Å². The van der Waals surface area contributed by atoms with E-state index in [-0.39, 0.29) is 0 Å². The number of aryl methyl sites for hydroxylation is 1. The summed E-state index contributed by atoms with van der Waals surface area (Å²) in [6, 6.07) is 16.6. The van der Waals surface area contributed by atoms with Gasteiger partial charge in [0.05, 0.1) is 0 Å². The molecule has 0 atom stereocenters. The summed E-state index contributed by atoms with van der Waals surface area (Å²) in [6.45, 7) is 2.13. The van der Waals surface area contributed by atoms with Gasteiger partial charge in [-0.25, -0.2) is 0 Å². The second kappa shape index (κ2) is 4.77. The first-order chi connectivity index (χ1) is 7.25. The van der Waals surface area contributed by atoms with Crippen molar-refractivity contribution in [3.8, 4) is 0 Å². The average Bonchev–Trinajstić information content (AvgIpc) is 2.25. The molecule has 0 radical (unpaired) electrons. The van der Waals surface area contributed by atoms with Gasteiger partial charge >= 0.3 is 0 Å². The van der Waals surface area contributed by atoms with Crippen LogP contribution in [0.5, 0.6) is 0 Å². The highest BCUT2D eigenvalue weighted by molar-refractivity contribution is 7.99. The van der Waals surface area contributed by atoms with Crippen LogP contribution in [0.2, 0.25) is 0 Å². The van der Waals surface area contributed by atoms with Gasteiger partial charge in [0.25, 0.3) is 0 Å². The SMILES string of the molecule is Cc1ccccc1Sc1ccc(S)cc1. The molecular formula is C13H12S2. The monoisotopic (exact) mass is 232 g/mol. The van der Waals surface area contributed by atoms with Crippen LogP contribution in [0.3, 0.4) is 0 Å². The quantitative estimate of drug-likeness (QED) is 0.747. The highest BCUT2D eigenvalue weighted by Crippen LogP contribution is 2.30. The van der Waals surface area contributed by atoms with Crippen LogP contribution >= 0.6 is 24.4 Å². The van der Waals surface area contributed by atoms with Crippen LogP contribution in [0.4, 0.5) is 0 Å². The standard InChI is InChI=1S/C13H12S2/c1-10-4-2-3-5-13(10)15-12-8-6-11(14)7-9-12/h2-9,14H,1H3. The first kappa shape index (κ1) is 10.7. The Morgan fingerprint density at radius 2 is 1.60 bits per heavy atom. The van der Waals surface area contributed by atoms with E-state index in [9.17, 15) is 0 Å². The van der Waals surface area contributed by atoms with E-state index >= 15 is 0 Å². The van der Waals surface area contributed by atoms with E-state index in [1.807, 2.05) is 12.1 Å². The maximum atomic E-state index is 4.27. The summed E-state index contributed by atoms with van der Waals surface area (Å²) in [5.41, 5.74) is 1.32. The maximum Gasteiger partial charge on any atom is 0.0151 e. The molecule has 0 aliphatic rings. The topological polar surface area (TPSA) is 0 Å². The van der Waals surface area contributed by atoms with E-state index in [4.69, 9.17) is 0 Å². The molecule has 0 bridgehead atoms. The summed E-state index contributed by atoms with van der Waals surface area (Å²) in [5.74, 6) is 0. The van der Waals surface area contributed by atoms with Crippen molar-refractivity contribution in [3.05, 3.63) is 54.1 Å². The number of thiol groups is 1. The van der Waals surface area contributed by atoms with Crippen LogP contribution in [-0.4, -0.2) is 0 Å². The predicted molar refractivity (Wildman–Crippen MR) is 69.0 cm³/mol. The summed E-state index contributed by atoms with van der Waals surface area (Å²) >= 11 is 6.06. The lowest BCUT2D eigenvalue weighted by atomic mass is 10.2. The Bertz CT molecular complexity index is 446. The number of benzene rings is 2. The molecule has 0 aliphatic heterocycles. The first-order valence-corrected chi connectivity index (χ1v) is 6.04. The van der Waals surface area contributed by atoms with Gasteiger partial charge in [0.1, 0.15) is 0 Å². The van der Waals surface area contributed by atoms with Crippen molar-refractivity contribution in [1.29, 1.82) is 0 Å². The minimum absolute atomic E-state index is 1.00. The fraction of sp³-hybridized carbons (Fsp3) is 0.0769. The Balaban J connectivity index is 2.22. The van der Waals surface area contributed by atoms with Crippen LogP contribution in [-0.2, 0) is 0 Å². The third kappa shape index (κ3) is 2.80. The summed E-state index contributed by atoms with van der Waals surface area (Å²) in [7, 11) is 0. The number of hydrogen-bond donors (Lipinski definition) is 1. The van der Waals surface area contributed by atoms with Gasteiger partial charge in [-0.1, -0.05) is 30.0 Å². The zero-order valence-electron chi connectivity index (χ0n) is 8.47. The smallest absolute Gasteiger partial charge is 0.0151 e. The largest absolute Gasteiger partial charge is 0.143 e. The fourth-order valence-corrected chi connectivity index (χ4v) is 2.36. The zero-order valence-corrected chi connectivity index (χ0v) is 10.2. The van der Waals surface area contributed by atoms with Gasteiger partial charge in [0.15, 0.2) is 0 Å². The summed E-state index contributed by atoms with van der Waals surface area (Å²) < 4.78 is 0. The lowest BCUT2D eigenvalue weighted by Gasteiger charge is -2.04. The van der Waals surface area contributed by atoms with Crippen LogP contribution < -0.4 is 0 Å². The van der Waals surface area contributed by atoms with E-state index in [2.05, 4.69) is 56.0 Å². The molecule has 0 spiro atoms. The first-order valence-electron chi connectivity index (χ1n) is 4.78. The second-order valence-corrected chi connectivity index (χ2v) is 4.99. The van der Waals surface area contributed by atoms with Crippen LogP contribution in [0.15, 0.2) is 63.2 Å². The molecule has 76 valence electrons. The zero-order chi connectivity index (χ0) is 10.7. The van der Waals surface area contributed by atoms with Crippen molar-refractivity contribution in [3.63, 3.8) is 0 Å². The molecule has 0 saturated heterocycles. The molecule has 0 nitrogen and oxygen atoms in total. The molecule has 0 unspecified atom stereocenters. The van der Waals surface area contributed by atoms with Crippen molar-refractivity contribution in [2.45, 2.75) is 21.6 Å². The van der Waals surface area contributed by atoms with Gasteiger partial charge in [-0.3, -0.25) is 0 Å². The molecule has 0 N–H and O–H groups in total. The Kier molecular flexibility index (Phi) is 3.39. The van der Waals surface area contributed by atoms with Crippen molar-refractivity contribution in [2.75, 3.05) is 0 Å². The molecule has 2 aromatic carbocycles. The minimum Gasteiger partial charge on any atom is -0.143 e. The maximum absolute atomic E-state index is 4.27. The Hall–Kier alpha value is -0.860. The van der Waals surface area contributed by atoms with Crippen molar-refractivity contribution >= 4 is 24.4 Å². The van der Waals surface area contributed by atoms with Crippen molar-refractivity contribution in [1.82, 2.24) is 0 Å². The predicted octanol–water partition coefficient (Wildman–Crippen LogP) is 4.43. The van der Waals surface area contributed by atoms with Crippen LogP contribution in [0.1, 0.15) is 5.56 Å². The van der Waals surface area contributed by atoms with Gasteiger partial charge in [-0.05, 0) is 42.8 Å². The Morgan fingerprint density at radius 1 is 0.933 bits per heavy atom. The van der Waals surface area contributed by atoms with Gasteiger partial charge in [0, 0.05) is 14.7 Å². The summed E-state index contributed by atoms with van der Waals surface area (Å²) in [6.07, 6.45) is 0. The van der Waals surface area contributed by atoms with Gasteiger partial charge in [-0.15, -0.1) is 12.6 Å². The molecule has 0 heterocycles. The number of rotatable bonds is 2. The molecule has 0 fully saturated rings. The molecule has 0 aliphatic carbocycles. The molecule has 2 rings (SSSR count). The Labute approximate surface area is 100 Å². The van der Waals surface area contributed by atoms with E-state index in [1.54, 1.807) is 11.8 Å². The van der Waals surface area contributed by atoms with Crippen LogP contribution in [0, 0.1) is 6.92 Å². The van der Waals surface area contributed by atoms with E-state index in [1.165, 1.54) is 15.4 Å². The normalized spacial score (nSPS) is 10.3. The molecule has 0 aromatic heterocycles. The summed E-state index contributed by atoms with van der Waals surface area (Å²) in [5, 5.41) is 0. The van der Waals surface area contributed by atoms with E-state index in [0.717, 1.165) is 4.90 Å². The van der Waals surface area contributed by atoms with Gasteiger partial charge in [0.2, 0.25) is 0 Å². The van der Waals surface area contributed by atoms with Gasteiger partial charge in [-0.2, -0.15) is 0 Å². The Morgan fingerprint density at radius 3 is 2.27 bits per heavy atom. The molecule has 2 heteroatoms. The molecule has 15 heavy (non-hydrogen) atoms. The minimum atomic E-state index is 1.00. The second-order valence-electron chi connectivity index (χ2n) is 3.36. The third-order valence-electron chi connectivity index (χ3n) is 2.16. The lowest BCUT2D eigenvalue weighted by Crippen LogP contribution is -1.78. The highest BCUT2D eigenvalue weighted by Gasteiger charge is 1.99. The van der Waals surface area contributed by atoms with Crippen LogP contribution in [0.25, 0.3) is 0 Å². The van der Waals surface area contributed by atoms with E-state index < -0.39 is 0 Å². The lowest BCUT2D eigenvalue weighted by molar-refractivity contribution is 1.28. The number of hydrogen-bond acceptors (Lipinski definition) is 2. The average molecular weight is 232 g/mol. The molecule has 0 amide bonds. The molecule has 0 saturated carbocycles. The molecular weight excluding hydrogens is 220 g/mol. The fourth-order valence-electron chi connectivity index (χ4n) is 1.31. The van der Waals surface area contributed by atoms with Crippen molar-refractivity contribution in [2.24, 2.45) is 0 Å². The summed E-state index contributed by atoms with van der Waals surface area (Å²) in [4.78, 5) is 3.57. The third-order valence-corrected chi connectivity index (χ3v) is 3.64.